The zero-order valence-corrected chi connectivity index (χ0v) is 13.0. The first-order chi connectivity index (χ1) is 10.8. The lowest BCUT2D eigenvalue weighted by Gasteiger charge is -2.30. The van der Waals surface area contributed by atoms with E-state index in [0.29, 0.717) is 30.1 Å². The molecule has 0 aliphatic heterocycles. The normalized spacial score (nSPS) is 35.6. The molecule has 3 nitrogen and oxygen atoms in total. The van der Waals surface area contributed by atoms with Crippen molar-refractivity contribution in [1.82, 2.24) is 5.32 Å². The summed E-state index contributed by atoms with van der Waals surface area (Å²) in [6, 6.07) is 8.74. The Morgan fingerprint density at radius 1 is 1.18 bits per heavy atom. The number of aliphatic hydroxyl groups excluding tert-OH is 1. The van der Waals surface area contributed by atoms with Gasteiger partial charge in [0.2, 0.25) is 5.91 Å². The van der Waals surface area contributed by atoms with Crippen LogP contribution in [0.2, 0.25) is 0 Å². The van der Waals surface area contributed by atoms with Crippen molar-refractivity contribution in [2.24, 2.45) is 17.8 Å². The maximum absolute atomic E-state index is 12.5. The molecular weight excluding hydrogens is 274 g/mol. The van der Waals surface area contributed by atoms with E-state index in [4.69, 9.17) is 0 Å². The van der Waals surface area contributed by atoms with Gasteiger partial charge in [-0.25, -0.2) is 0 Å². The minimum atomic E-state index is 0.178. The Hall–Kier alpha value is -1.35. The smallest absolute Gasteiger partial charge is 0.220 e. The number of rotatable bonds is 4. The highest BCUT2D eigenvalue weighted by molar-refractivity contribution is 5.77. The predicted molar refractivity (Wildman–Crippen MR) is 85.5 cm³/mol. The summed E-state index contributed by atoms with van der Waals surface area (Å²) in [5, 5.41) is 12.9. The van der Waals surface area contributed by atoms with Crippen molar-refractivity contribution in [3.63, 3.8) is 0 Å². The molecule has 2 fully saturated rings. The summed E-state index contributed by atoms with van der Waals surface area (Å²) in [6.45, 7) is 0.221. The highest BCUT2D eigenvalue weighted by Gasteiger charge is 2.47. The predicted octanol–water partition coefficient (Wildman–Crippen LogP) is 2.63. The molecule has 0 spiro atoms. The summed E-state index contributed by atoms with van der Waals surface area (Å²) < 4.78 is 0. The van der Waals surface area contributed by atoms with E-state index in [-0.39, 0.29) is 18.6 Å². The molecule has 0 aromatic heterocycles. The number of carbonyl (C=O) groups is 1. The van der Waals surface area contributed by atoms with Crippen molar-refractivity contribution in [2.75, 3.05) is 6.61 Å². The maximum atomic E-state index is 12.5. The van der Waals surface area contributed by atoms with Gasteiger partial charge in [0.05, 0.1) is 0 Å². The van der Waals surface area contributed by atoms with E-state index in [1.807, 2.05) is 0 Å². The second-order valence-corrected chi connectivity index (χ2v) is 7.41. The van der Waals surface area contributed by atoms with Crippen LogP contribution in [0.1, 0.15) is 49.1 Å². The molecule has 1 amide bonds. The summed E-state index contributed by atoms with van der Waals surface area (Å²) in [6.07, 6.45) is 6.44. The van der Waals surface area contributed by atoms with Gasteiger partial charge in [-0.15, -0.1) is 0 Å². The van der Waals surface area contributed by atoms with Gasteiger partial charge in [0.1, 0.15) is 0 Å². The molecule has 0 saturated heterocycles. The average molecular weight is 299 g/mol. The number of carbonyl (C=O) groups excluding carboxylic acids is 1. The van der Waals surface area contributed by atoms with Gasteiger partial charge in [0.25, 0.3) is 0 Å². The third kappa shape index (κ3) is 2.36. The van der Waals surface area contributed by atoms with Crippen molar-refractivity contribution < 1.29 is 9.90 Å². The van der Waals surface area contributed by atoms with Gasteiger partial charge in [0, 0.05) is 25.0 Å². The molecule has 1 aromatic rings. The molecular formula is C19H25NO2. The molecule has 5 unspecified atom stereocenters. The van der Waals surface area contributed by atoms with Crippen molar-refractivity contribution in [1.29, 1.82) is 0 Å². The van der Waals surface area contributed by atoms with Crippen LogP contribution >= 0.6 is 0 Å². The zero-order valence-electron chi connectivity index (χ0n) is 13.0. The quantitative estimate of drug-likeness (QED) is 0.898. The lowest BCUT2D eigenvalue weighted by Crippen LogP contribution is -2.45. The number of fused-ring (bicyclic) bond motifs is 3. The number of hydrogen-bond acceptors (Lipinski definition) is 2. The van der Waals surface area contributed by atoms with Gasteiger partial charge >= 0.3 is 0 Å². The minimum Gasteiger partial charge on any atom is -0.396 e. The standard InChI is InChI=1S/C19H25NO2/c21-11-17-13-7-8-15(9-13)19(17)20-18(22)10-14-6-5-12-3-1-2-4-16(12)14/h1-4,13-15,17,19,21H,5-11H2,(H,20,22). The van der Waals surface area contributed by atoms with E-state index >= 15 is 0 Å². The summed E-state index contributed by atoms with van der Waals surface area (Å²) in [7, 11) is 0. The van der Waals surface area contributed by atoms with Crippen LogP contribution < -0.4 is 5.32 Å². The number of nitrogens with one attached hydrogen (secondary N) is 1. The van der Waals surface area contributed by atoms with Crippen LogP contribution in [0.4, 0.5) is 0 Å². The Balaban J connectivity index is 1.40. The van der Waals surface area contributed by atoms with Crippen molar-refractivity contribution >= 4 is 5.91 Å². The highest BCUT2D eigenvalue weighted by Crippen LogP contribution is 2.48. The number of aliphatic hydroxyl groups is 1. The van der Waals surface area contributed by atoms with Crippen LogP contribution in [0.5, 0.6) is 0 Å². The molecule has 0 heterocycles. The Morgan fingerprint density at radius 3 is 2.86 bits per heavy atom. The van der Waals surface area contributed by atoms with E-state index in [2.05, 4.69) is 29.6 Å². The Bertz CT molecular complexity index is 570. The Morgan fingerprint density at radius 2 is 2.00 bits per heavy atom. The fourth-order valence-electron chi connectivity index (χ4n) is 5.22. The fraction of sp³-hybridized carbons (Fsp3) is 0.632. The van der Waals surface area contributed by atoms with Gasteiger partial charge in [-0.3, -0.25) is 4.79 Å². The van der Waals surface area contributed by atoms with E-state index in [0.717, 1.165) is 12.8 Å². The lowest BCUT2D eigenvalue weighted by atomic mass is 9.84. The average Bonchev–Trinajstić information content (AvgIpc) is 3.22. The molecule has 3 heteroatoms. The van der Waals surface area contributed by atoms with Gasteiger partial charge in [-0.05, 0) is 61.0 Å². The maximum Gasteiger partial charge on any atom is 0.220 e. The van der Waals surface area contributed by atoms with Gasteiger partial charge in [-0.2, -0.15) is 0 Å². The highest BCUT2D eigenvalue weighted by atomic mass is 16.3. The molecule has 3 aliphatic rings. The van der Waals surface area contributed by atoms with Gasteiger partial charge < -0.3 is 10.4 Å². The molecule has 4 rings (SSSR count). The third-order valence-electron chi connectivity index (χ3n) is 6.32. The molecule has 1 aromatic carbocycles. The molecule has 5 atom stereocenters. The Kier molecular flexibility index (Phi) is 3.69. The summed E-state index contributed by atoms with van der Waals surface area (Å²) in [4.78, 5) is 12.5. The molecule has 0 radical (unpaired) electrons. The SMILES string of the molecule is O=C(CC1CCc2ccccc21)NC1C2CCC(C2)C1CO. The first-order valence-electron chi connectivity index (χ1n) is 8.74. The summed E-state index contributed by atoms with van der Waals surface area (Å²) >= 11 is 0. The van der Waals surface area contributed by atoms with Crippen LogP contribution in [0.3, 0.4) is 0 Å². The second kappa shape index (κ2) is 5.69. The fourth-order valence-corrected chi connectivity index (χ4v) is 5.22. The van der Waals surface area contributed by atoms with E-state index in [1.165, 1.54) is 30.4 Å². The van der Waals surface area contributed by atoms with Crippen LogP contribution in [0.25, 0.3) is 0 Å². The van der Waals surface area contributed by atoms with E-state index in [1.54, 1.807) is 0 Å². The van der Waals surface area contributed by atoms with Crippen molar-refractivity contribution in [3.8, 4) is 0 Å². The Labute approximate surface area is 132 Å². The summed E-state index contributed by atoms with van der Waals surface area (Å²) in [5.41, 5.74) is 2.78. The molecule has 118 valence electrons. The first kappa shape index (κ1) is 14.3. The zero-order chi connectivity index (χ0) is 15.1. The second-order valence-electron chi connectivity index (χ2n) is 7.41. The molecule has 2 N–H and O–H groups in total. The van der Waals surface area contributed by atoms with Crippen LogP contribution in [-0.4, -0.2) is 23.7 Å². The van der Waals surface area contributed by atoms with Crippen molar-refractivity contribution in [2.45, 2.75) is 50.5 Å². The number of benzene rings is 1. The third-order valence-corrected chi connectivity index (χ3v) is 6.32. The molecule has 22 heavy (non-hydrogen) atoms. The van der Waals surface area contributed by atoms with E-state index < -0.39 is 0 Å². The lowest BCUT2D eigenvalue weighted by molar-refractivity contribution is -0.123. The van der Waals surface area contributed by atoms with Crippen LogP contribution in [-0.2, 0) is 11.2 Å². The summed E-state index contributed by atoms with van der Waals surface area (Å²) in [5.74, 6) is 2.08. The molecule has 2 bridgehead atoms. The van der Waals surface area contributed by atoms with Gasteiger partial charge in [0.15, 0.2) is 0 Å². The van der Waals surface area contributed by atoms with Crippen LogP contribution in [0, 0.1) is 17.8 Å². The number of hydrogen-bond donors (Lipinski definition) is 2. The largest absolute Gasteiger partial charge is 0.396 e. The number of aryl methyl sites for hydroxylation is 1. The molecule has 2 saturated carbocycles. The topological polar surface area (TPSA) is 49.3 Å². The monoisotopic (exact) mass is 299 g/mol. The van der Waals surface area contributed by atoms with E-state index in [9.17, 15) is 9.90 Å². The molecule has 3 aliphatic carbocycles. The first-order valence-corrected chi connectivity index (χ1v) is 8.74. The minimum absolute atomic E-state index is 0.178. The van der Waals surface area contributed by atoms with Crippen LogP contribution in [0.15, 0.2) is 24.3 Å². The van der Waals surface area contributed by atoms with Crippen molar-refractivity contribution in [3.05, 3.63) is 35.4 Å². The number of amides is 1. The van der Waals surface area contributed by atoms with Gasteiger partial charge in [-0.1, -0.05) is 24.3 Å².